The van der Waals surface area contributed by atoms with Crippen molar-refractivity contribution < 1.29 is 9.53 Å². The number of carbonyl (C=O) groups excluding carboxylic acids is 1. The Balaban J connectivity index is 1.69. The minimum atomic E-state index is -0.369. The van der Waals surface area contributed by atoms with E-state index in [4.69, 9.17) is 4.74 Å². The number of nitrogens with one attached hydrogen (secondary N) is 1. The van der Waals surface area contributed by atoms with Crippen LogP contribution in [0.3, 0.4) is 0 Å². The predicted molar refractivity (Wildman–Crippen MR) is 78.6 cm³/mol. The molecule has 2 aromatic rings. The van der Waals surface area contributed by atoms with Gasteiger partial charge >= 0.3 is 0 Å². The Morgan fingerprint density at radius 2 is 2.32 bits per heavy atom. The molecule has 0 saturated carbocycles. The minimum Gasteiger partial charge on any atom is -0.472 e. The number of amides is 1. The average Bonchev–Trinajstić information content (AvgIpc) is 2.56. The van der Waals surface area contributed by atoms with Crippen molar-refractivity contribution in [2.24, 2.45) is 0 Å². The van der Waals surface area contributed by atoms with Gasteiger partial charge in [0.1, 0.15) is 18.0 Å². The normalized spacial score (nSPS) is 18.0. The first-order valence-electron chi connectivity index (χ1n) is 7.13. The standard InChI is InChI=1S/C15H16N4O3/c20-14-12(4-1-6-17-14)15(21)19-8-2-3-11(9-19)22-13-5-7-16-10-18-13/h1,4-7,10-11H,2-3,8-9H2,(H,17,20). The van der Waals surface area contributed by atoms with Crippen LogP contribution < -0.4 is 10.3 Å². The molecule has 3 heterocycles. The lowest BCUT2D eigenvalue weighted by molar-refractivity contribution is 0.0526. The van der Waals surface area contributed by atoms with Crippen molar-refractivity contribution in [2.45, 2.75) is 18.9 Å². The summed E-state index contributed by atoms with van der Waals surface area (Å²) in [6, 6.07) is 4.87. The number of likely N-dealkylation sites (tertiary alicyclic amines) is 1. The van der Waals surface area contributed by atoms with Gasteiger partial charge in [0, 0.05) is 25.0 Å². The summed E-state index contributed by atoms with van der Waals surface area (Å²) < 4.78 is 5.77. The van der Waals surface area contributed by atoms with Crippen LogP contribution in [-0.4, -0.2) is 45.0 Å². The SMILES string of the molecule is O=C(c1ccc[nH]c1=O)N1CCCC(Oc2ccncn2)C1. The van der Waals surface area contributed by atoms with Gasteiger partial charge in [-0.15, -0.1) is 0 Å². The fourth-order valence-electron chi connectivity index (χ4n) is 2.50. The summed E-state index contributed by atoms with van der Waals surface area (Å²) in [4.78, 5) is 36.2. The molecule has 1 fully saturated rings. The third-order valence-electron chi connectivity index (χ3n) is 3.56. The summed E-state index contributed by atoms with van der Waals surface area (Å²) in [6.45, 7) is 1.06. The third kappa shape index (κ3) is 3.13. The van der Waals surface area contributed by atoms with Crippen molar-refractivity contribution in [3.63, 3.8) is 0 Å². The number of aromatic amines is 1. The molecule has 1 atom stereocenters. The van der Waals surface area contributed by atoms with Gasteiger partial charge in [-0.1, -0.05) is 0 Å². The Hall–Kier alpha value is -2.70. The van der Waals surface area contributed by atoms with Crippen LogP contribution >= 0.6 is 0 Å². The van der Waals surface area contributed by atoms with Crippen LogP contribution in [0, 0.1) is 0 Å². The smallest absolute Gasteiger partial charge is 0.260 e. The van der Waals surface area contributed by atoms with Crippen molar-refractivity contribution in [3.05, 3.63) is 52.8 Å². The number of rotatable bonds is 3. The minimum absolute atomic E-state index is 0.129. The van der Waals surface area contributed by atoms with Gasteiger partial charge in [0.2, 0.25) is 5.88 Å². The van der Waals surface area contributed by atoms with Gasteiger partial charge in [-0.25, -0.2) is 9.97 Å². The van der Waals surface area contributed by atoms with Gasteiger partial charge in [-0.2, -0.15) is 0 Å². The molecule has 0 aliphatic carbocycles. The Morgan fingerprint density at radius 3 is 3.09 bits per heavy atom. The number of pyridine rings is 1. The maximum absolute atomic E-state index is 12.4. The molecule has 0 aromatic carbocycles. The zero-order valence-corrected chi connectivity index (χ0v) is 11.9. The molecule has 1 N–H and O–H groups in total. The fraction of sp³-hybridized carbons (Fsp3) is 0.333. The summed E-state index contributed by atoms with van der Waals surface area (Å²) in [5.41, 5.74) is -0.212. The average molecular weight is 300 g/mol. The molecule has 1 unspecified atom stereocenters. The molecule has 1 aliphatic rings. The molecule has 1 aliphatic heterocycles. The molecule has 2 aromatic heterocycles. The zero-order valence-electron chi connectivity index (χ0n) is 11.9. The number of hydrogen-bond donors (Lipinski definition) is 1. The number of carbonyl (C=O) groups is 1. The Kier molecular flexibility index (Phi) is 4.13. The highest BCUT2D eigenvalue weighted by molar-refractivity contribution is 5.93. The van der Waals surface area contributed by atoms with E-state index >= 15 is 0 Å². The summed E-state index contributed by atoms with van der Waals surface area (Å²) in [6.07, 6.45) is 6.08. The van der Waals surface area contributed by atoms with Crippen LogP contribution in [0.15, 0.2) is 41.7 Å². The quantitative estimate of drug-likeness (QED) is 0.908. The lowest BCUT2D eigenvalue weighted by Crippen LogP contribution is -2.45. The maximum Gasteiger partial charge on any atom is 0.260 e. The summed E-state index contributed by atoms with van der Waals surface area (Å²) in [5.74, 6) is 0.227. The third-order valence-corrected chi connectivity index (χ3v) is 3.56. The van der Waals surface area contributed by atoms with E-state index in [-0.39, 0.29) is 23.1 Å². The molecule has 7 nitrogen and oxygen atoms in total. The number of hydrogen-bond acceptors (Lipinski definition) is 5. The number of ether oxygens (including phenoxy) is 1. The second-order valence-electron chi connectivity index (χ2n) is 5.09. The van der Waals surface area contributed by atoms with Crippen molar-refractivity contribution in [1.82, 2.24) is 19.9 Å². The van der Waals surface area contributed by atoms with Crippen molar-refractivity contribution in [1.29, 1.82) is 0 Å². The van der Waals surface area contributed by atoms with Gasteiger partial charge in [0.05, 0.1) is 6.54 Å². The topological polar surface area (TPSA) is 88.2 Å². The van der Waals surface area contributed by atoms with Gasteiger partial charge in [0.15, 0.2) is 0 Å². The van der Waals surface area contributed by atoms with Gasteiger partial charge in [-0.05, 0) is 25.0 Å². The van der Waals surface area contributed by atoms with Crippen LogP contribution in [-0.2, 0) is 0 Å². The molecule has 3 rings (SSSR count). The monoisotopic (exact) mass is 300 g/mol. The van der Waals surface area contributed by atoms with E-state index in [0.717, 1.165) is 12.8 Å². The zero-order chi connectivity index (χ0) is 15.4. The highest BCUT2D eigenvalue weighted by Crippen LogP contribution is 2.17. The molecule has 22 heavy (non-hydrogen) atoms. The molecule has 114 valence electrons. The van der Waals surface area contributed by atoms with E-state index < -0.39 is 0 Å². The first kappa shape index (κ1) is 14.2. The van der Waals surface area contributed by atoms with Gasteiger partial charge in [-0.3, -0.25) is 9.59 Å². The molecule has 0 spiro atoms. The number of aromatic nitrogens is 3. The van der Waals surface area contributed by atoms with Gasteiger partial charge in [0.25, 0.3) is 11.5 Å². The number of nitrogens with zero attached hydrogens (tertiary/aromatic N) is 3. The number of H-pyrrole nitrogens is 1. The van der Waals surface area contributed by atoms with E-state index in [9.17, 15) is 9.59 Å². The largest absolute Gasteiger partial charge is 0.472 e. The molecule has 1 amide bonds. The lowest BCUT2D eigenvalue weighted by Gasteiger charge is -2.32. The first-order valence-corrected chi connectivity index (χ1v) is 7.13. The van der Waals surface area contributed by atoms with E-state index in [0.29, 0.717) is 19.0 Å². The van der Waals surface area contributed by atoms with Crippen molar-refractivity contribution in [2.75, 3.05) is 13.1 Å². The maximum atomic E-state index is 12.4. The number of piperidine rings is 1. The van der Waals surface area contributed by atoms with Crippen LogP contribution in [0.25, 0.3) is 0 Å². The Morgan fingerprint density at radius 1 is 1.41 bits per heavy atom. The molecular formula is C15H16N4O3. The van der Waals surface area contributed by atoms with Crippen LogP contribution in [0.2, 0.25) is 0 Å². The van der Waals surface area contributed by atoms with E-state index in [1.165, 1.54) is 18.6 Å². The predicted octanol–water partition coefficient (Wildman–Crippen LogP) is 0.849. The lowest BCUT2D eigenvalue weighted by atomic mass is 10.1. The summed E-state index contributed by atoms with van der Waals surface area (Å²) in [5, 5.41) is 0. The van der Waals surface area contributed by atoms with Crippen LogP contribution in [0.5, 0.6) is 5.88 Å². The van der Waals surface area contributed by atoms with Crippen molar-refractivity contribution in [3.8, 4) is 5.88 Å². The highest BCUT2D eigenvalue weighted by atomic mass is 16.5. The van der Waals surface area contributed by atoms with E-state index in [1.807, 2.05) is 0 Å². The van der Waals surface area contributed by atoms with Gasteiger partial charge < -0.3 is 14.6 Å². The molecular weight excluding hydrogens is 284 g/mol. The molecule has 1 saturated heterocycles. The Labute approximate surface area is 127 Å². The van der Waals surface area contributed by atoms with E-state index in [2.05, 4.69) is 15.0 Å². The van der Waals surface area contributed by atoms with Crippen LogP contribution in [0.4, 0.5) is 0 Å². The summed E-state index contributed by atoms with van der Waals surface area (Å²) >= 11 is 0. The molecule has 0 bridgehead atoms. The molecule has 7 heteroatoms. The summed E-state index contributed by atoms with van der Waals surface area (Å²) in [7, 11) is 0. The Bertz CT molecular complexity index is 701. The van der Waals surface area contributed by atoms with E-state index in [1.54, 1.807) is 23.2 Å². The second kappa shape index (κ2) is 6.38. The fourth-order valence-corrected chi connectivity index (χ4v) is 2.50. The van der Waals surface area contributed by atoms with Crippen LogP contribution in [0.1, 0.15) is 23.2 Å². The van der Waals surface area contributed by atoms with Crippen molar-refractivity contribution >= 4 is 5.91 Å². The molecule has 0 radical (unpaired) electrons. The first-order chi connectivity index (χ1) is 10.7. The highest BCUT2D eigenvalue weighted by Gasteiger charge is 2.27. The second-order valence-corrected chi connectivity index (χ2v) is 5.09.